The lowest BCUT2D eigenvalue weighted by molar-refractivity contribution is 0.767. The molecular weight excluding hydrogens is 1050 g/mol. The van der Waals surface area contributed by atoms with Crippen molar-refractivity contribution < 1.29 is 0 Å². The van der Waals surface area contributed by atoms with E-state index < -0.39 is 10.8 Å². The SMILES string of the molecule is c1ccc(N(c2ccccc2)c2cc(N(c3ccc4c(c3)C(c3ccccc3)(c3ccccc3)c3ccccc3-4)c3ccc4c(c3)C(c3ccccc3)(c3ccccc3)c3ccccc3-4)cc3c2c2ccccc2n3-c2ccc3ccccc3c2)cc1. The third-order valence-electron chi connectivity index (χ3n) is 18.7. The van der Waals surface area contributed by atoms with Crippen LogP contribution in [0.3, 0.4) is 0 Å². The van der Waals surface area contributed by atoms with Crippen LogP contribution in [0.25, 0.3) is 60.5 Å². The molecule has 87 heavy (non-hydrogen) atoms. The van der Waals surface area contributed by atoms with Crippen LogP contribution in [0.5, 0.6) is 0 Å². The van der Waals surface area contributed by atoms with Gasteiger partial charge in [0.25, 0.3) is 0 Å². The Bertz CT molecular complexity index is 4790. The highest BCUT2D eigenvalue weighted by molar-refractivity contribution is 6.18. The second-order valence-corrected chi connectivity index (χ2v) is 23.1. The van der Waals surface area contributed by atoms with Crippen molar-refractivity contribution in [1.29, 1.82) is 0 Å². The van der Waals surface area contributed by atoms with Gasteiger partial charge < -0.3 is 14.4 Å². The van der Waals surface area contributed by atoms with Gasteiger partial charge in [0.15, 0.2) is 0 Å². The van der Waals surface area contributed by atoms with Crippen molar-refractivity contribution in [3.63, 3.8) is 0 Å². The first kappa shape index (κ1) is 50.3. The molecule has 17 rings (SSSR count). The van der Waals surface area contributed by atoms with Crippen LogP contribution in [0, 0.1) is 0 Å². The predicted octanol–water partition coefficient (Wildman–Crippen LogP) is 21.6. The van der Waals surface area contributed by atoms with Crippen LogP contribution in [0.15, 0.2) is 346 Å². The third-order valence-corrected chi connectivity index (χ3v) is 18.7. The van der Waals surface area contributed by atoms with E-state index >= 15 is 0 Å². The minimum Gasteiger partial charge on any atom is -0.310 e. The van der Waals surface area contributed by atoms with Crippen LogP contribution in [-0.4, -0.2) is 4.57 Å². The van der Waals surface area contributed by atoms with Gasteiger partial charge in [-0.25, -0.2) is 0 Å². The summed E-state index contributed by atoms with van der Waals surface area (Å²) in [6.45, 7) is 0. The van der Waals surface area contributed by atoms with E-state index in [9.17, 15) is 0 Å². The van der Waals surface area contributed by atoms with E-state index in [1.807, 2.05) is 0 Å². The van der Waals surface area contributed by atoms with Crippen LogP contribution in [-0.2, 0) is 10.8 Å². The fraction of sp³-hybridized carbons (Fsp3) is 0.0238. The van der Waals surface area contributed by atoms with Gasteiger partial charge in [0.2, 0.25) is 0 Å². The number of nitrogens with zero attached hydrogens (tertiary/aromatic N) is 3. The summed E-state index contributed by atoms with van der Waals surface area (Å²) in [6.07, 6.45) is 0. The summed E-state index contributed by atoms with van der Waals surface area (Å²) < 4.78 is 2.50. The zero-order chi connectivity index (χ0) is 57.5. The second kappa shape index (κ2) is 20.2. The number of rotatable bonds is 11. The number of fused-ring (bicyclic) bond motifs is 10. The lowest BCUT2D eigenvalue weighted by Gasteiger charge is -2.36. The standard InChI is InChI=1S/C84H57N3/c1-7-29-60(30-8-1)83(61-31-9-2-10-32-61)75-44-24-21-41-70(75)72-51-49-67(54-77(72)83)85(68-50-52-73-71-42-22-25-45-76(71)84(78(73)55-68,62-33-11-3-12-34-62)63-35-13-4-14-36-63)69-56-80(86(64-37-15-5-16-38-64)65-39-17-6-18-40-65)82-74-43-23-26-46-79(74)87(81(82)57-69)66-48-47-58-27-19-20-28-59(58)53-66/h1-57H. The molecule has 1 aromatic heterocycles. The van der Waals surface area contributed by atoms with E-state index in [1.54, 1.807) is 0 Å². The third kappa shape index (κ3) is 7.62. The molecule has 0 saturated carbocycles. The van der Waals surface area contributed by atoms with Crippen LogP contribution < -0.4 is 9.80 Å². The Hall–Kier alpha value is -11.3. The van der Waals surface area contributed by atoms with Crippen molar-refractivity contribution in [2.24, 2.45) is 0 Å². The molecular formula is C84H57N3. The fourth-order valence-electron chi connectivity index (χ4n) is 15.1. The highest BCUT2D eigenvalue weighted by Crippen LogP contribution is 2.60. The summed E-state index contributed by atoms with van der Waals surface area (Å²) >= 11 is 0. The average molecular weight is 1110 g/mol. The molecule has 3 nitrogen and oxygen atoms in total. The highest BCUT2D eigenvalue weighted by atomic mass is 15.2. The Morgan fingerprint density at radius 2 is 0.655 bits per heavy atom. The molecule has 408 valence electrons. The van der Waals surface area contributed by atoms with Gasteiger partial charge in [-0.2, -0.15) is 0 Å². The van der Waals surface area contributed by atoms with Crippen LogP contribution in [0.2, 0.25) is 0 Å². The minimum atomic E-state index is -0.638. The smallest absolute Gasteiger partial charge is 0.0714 e. The second-order valence-electron chi connectivity index (χ2n) is 23.1. The number of para-hydroxylation sites is 3. The van der Waals surface area contributed by atoms with Crippen molar-refractivity contribution in [1.82, 2.24) is 4.57 Å². The van der Waals surface area contributed by atoms with E-state index in [-0.39, 0.29) is 0 Å². The maximum absolute atomic E-state index is 2.56. The molecule has 0 amide bonds. The maximum atomic E-state index is 2.56. The van der Waals surface area contributed by atoms with Gasteiger partial charge in [0.05, 0.1) is 33.2 Å². The number of hydrogen-bond donors (Lipinski definition) is 0. The molecule has 0 bridgehead atoms. The van der Waals surface area contributed by atoms with E-state index in [2.05, 4.69) is 360 Å². The Labute approximate surface area is 507 Å². The summed E-state index contributed by atoms with van der Waals surface area (Å²) in [4.78, 5) is 5.03. The van der Waals surface area contributed by atoms with E-state index in [4.69, 9.17) is 0 Å². The molecule has 0 aliphatic heterocycles. The molecule has 0 saturated heterocycles. The van der Waals surface area contributed by atoms with Crippen LogP contribution in [0.4, 0.5) is 34.1 Å². The maximum Gasteiger partial charge on any atom is 0.0714 e. The van der Waals surface area contributed by atoms with Gasteiger partial charge in [-0.05, 0) is 156 Å². The molecule has 3 heteroatoms. The lowest BCUT2D eigenvalue weighted by Crippen LogP contribution is -2.29. The topological polar surface area (TPSA) is 11.4 Å². The van der Waals surface area contributed by atoms with Gasteiger partial charge >= 0.3 is 0 Å². The molecule has 2 aliphatic rings. The number of anilines is 6. The van der Waals surface area contributed by atoms with Gasteiger partial charge in [0, 0.05) is 39.2 Å². The first-order valence-corrected chi connectivity index (χ1v) is 30.2. The summed E-state index contributed by atoms with van der Waals surface area (Å²) in [6, 6.07) is 129. The fourth-order valence-corrected chi connectivity index (χ4v) is 15.1. The number of hydrogen-bond acceptors (Lipinski definition) is 2. The van der Waals surface area contributed by atoms with Crippen molar-refractivity contribution in [2.45, 2.75) is 10.8 Å². The molecule has 0 atom stereocenters. The van der Waals surface area contributed by atoms with Crippen molar-refractivity contribution in [2.75, 3.05) is 9.80 Å². The zero-order valence-electron chi connectivity index (χ0n) is 47.8. The highest BCUT2D eigenvalue weighted by Gasteiger charge is 2.48. The van der Waals surface area contributed by atoms with Crippen LogP contribution in [0.1, 0.15) is 44.5 Å². The van der Waals surface area contributed by atoms with Crippen LogP contribution >= 0.6 is 0 Å². The summed E-state index contributed by atoms with van der Waals surface area (Å²) in [7, 11) is 0. The van der Waals surface area contributed by atoms with E-state index in [1.165, 1.54) is 82.9 Å². The predicted molar refractivity (Wildman–Crippen MR) is 362 cm³/mol. The first-order chi connectivity index (χ1) is 43.2. The van der Waals surface area contributed by atoms with E-state index in [0.717, 1.165) is 56.2 Å². The van der Waals surface area contributed by atoms with Gasteiger partial charge in [0.1, 0.15) is 0 Å². The summed E-state index contributed by atoms with van der Waals surface area (Å²) in [5.41, 5.74) is 23.2. The first-order valence-electron chi connectivity index (χ1n) is 30.2. The van der Waals surface area contributed by atoms with E-state index in [0.29, 0.717) is 0 Å². The molecule has 0 radical (unpaired) electrons. The molecule has 2 aliphatic carbocycles. The summed E-state index contributed by atoms with van der Waals surface area (Å²) in [5.74, 6) is 0. The molecule has 1 heterocycles. The largest absolute Gasteiger partial charge is 0.310 e. The Kier molecular flexibility index (Phi) is 11.7. The monoisotopic (exact) mass is 1110 g/mol. The van der Waals surface area contributed by atoms with Gasteiger partial charge in [-0.15, -0.1) is 0 Å². The Morgan fingerprint density at radius 1 is 0.241 bits per heavy atom. The Balaban J connectivity index is 1.02. The molecule has 15 aromatic rings. The van der Waals surface area contributed by atoms with Crippen molar-refractivity contribution in [3.05, 3.63) is 390 Å². The lowest BCUT2D eigenvalue weighted by atomic mass is 9.67. The Morgan fingerprint density at radius 3 is 1.16 bits per heavy atom. The average Bonchev–Trinajstić information content (AvgIpc) is 1.66. The zero-order valence-corrected chi connectivity index (χ0v) is 47.8. The molecule has 0 spiro atoms. The molecule has 0 fully saturated rings. The molecule has 14 aromatic carbocycles. The number of benzene rings is 14. The number of aromatic nitrogens is 1. The minimum absolute atomic E-state index is 0.638. The van der Waals surface area contributed by atoms with Crippen molar-refractivity contribution in [3.8, 4) is 27.9 Å². The molecule has 0 unspecified atom stereocenters. The van der Waals surface area contributed by atoms with Crippen molar-refractivity contribution >= 4 is 66.7 Å². The normalized spacial score (nSPS) is 13.2. The summed E-state index contributed by atoms with van der Waals surface area (Å²) in [5, 5.41) is 4.72. The van der Waals surface area contributed by atoms with Gasteiger partial charge in [-0.3, -0.25) is 0 Å². The molecule has 0 N–H and O–H groups in total. The quantitative estimate of drug-likeness (QED) is 0.128. The van der Waals surface area contributed by atoms with Gasteiger partial charge in [-0.1, -0.05) is 267 Å².